The molecule has 2 atom stereocenters. The first-order valence-corrected chi connectivity index (χ1v) is 9.74. The molecule has 1 aromatic rings. The summed E-state index contributed by atoms with van der Waals surface area (Å²) in [5, 5.41) is 9.89. The zero-order valence-corrected chi connectivity index (χ0v) is 16.8. The number of β-amino-alcohol motifs (C(OH)–C–C–N with tert-alkyl or cyclic N) is 1. The second-order valence-corrected chi connectivity index (χ2v) is 6.91. The number of carbonyl (C=O) groups is 2. The maximum atomic E-state index is 12.2. The van der Waals surface area contributed by atoms with Crippen LogP contribution in [0.15, 0.2) is 17.1 Å². The molecule has 10 nitrogen and oxygen atoms in total. The number of likely N-dealkylation sites (N-methyl/N-ethyl adjacent to an activating group) is 1. The Morgan fingerprint density at radius 1 is 1.38 bits per heavy atom. The number of unbranched alkanes of at least 4 members (excludes halogenated alkanes) is 1. The summed E-state index contributed by atoms with van der Waals surface area (Å²) in [4.78, 5) is 37.2. The summed E-state index contributed by atoms with van der Waals surface area (Å²) in [5.74, 6) is -0.229. The normalized spacial score (nSPS) is 19.8. The van der Waals surface area contributed by atoms with E-state index in [0.29, 0.717) is 25.7 Å². The van der Waals surface area contributed by atoms with Gasteiger partial charge in [0.15, 0.2) is 12.0 Å². The number of aldehydes is 1. The summed E-state index contributed by atoms with van der Waals surface area (Å²) >= 11 is 0. The van der Waals surface area contributed by atoms with E-state index in [4.69, 9.17) is 14.2 Å². The van der Waals surface area contributed by atoms with Gasteiger partial charge in [0.2, 0.25) is 12.2 Å². The van der Waals surface area contributed by atoms with E-state index < -0.39 is 24.5 Å². The van der Waals surface area contributed by atoms with Gasteiger partial charge < -0.3 is 24.7 Å². The molecule has 1 aliphatic heterocycles. The molecule has 1 fully saturated rings. The standard InChI is InChI=1S/C19H29N3O7/c1-3-4-10-27-19(26)29-13-28-18-15(12-23)22(9-8-16(18)25)20-17-7-5-6-14(24)11-21(17)2/h8-9,12,14,17,20,24H,3-7,10-11,13H2,1-2H3. The minimum Gasteiger partial charge on any atom is -0.451 e. The van der Waals surface area contributed by atoms with Crippen LogP contribution in [0.4, 0.5) is 4.79 Å². The van der Waals surface area contributed by atoms with Crippen molar-refractivity contribution in [3.05, 3.63) is 28.2 Å². The SMILES string of the molecule is CCCCOC(=O)OCOc1c(C=O)n(NC2CCCC(O)CN2C)ccc1=O. The third-order valence-corrected chi connectivity index (χ3v) is 4.63. The quantitative estimate of drug-likeness (QED) is 0.268. The molecule has 0 aromatic carbocycles. The molecule has 1 saturated heterocycles. The minimum absolute atomic E-state index is 0.0290. The van der Waals surface area contributed by atoms with Crippen LogP contribution in [-0.4, -0.2) is 66.4 Å². The molecule has 0 bridgehead atoms. The Morgan fingerprint density at radius 3 is 2.90 bits per heavy atom. The van der Waals surface area contributed by atoms with Crippen molar-refractivity contribution in [2.45, 2.75) is 51.3 Å². The second-order valence-electron chi connectivity index (χ2n) is 6.91. The zero-order chi connectivity index (χ0) is 21.2. The number of hydrogen-bond donors (Lipinski definition) is 2. The van der Waals surface area contributed by atoms with Crippen LogP contribution in [0, 0.1) is 0 Å². The summed E-state index contributed by atoms with van der Waals surface area (Å²) in [5.41, 5.74) is 2.62. The fraction of sp³-hybridized carbons (Fsp3) is 0.632. The van der Waals surface area contributed by atoms with Gasteiger partial charge in [0.25, 0.3) is 0 Å². The van der Waals surface area contributed by atoms with E-state index >= 15 is 0 Å². The number of hydrogen-bond acceptors (Lipinski definition) is 9. The van der Waals surface area contributed by atoms with E-state index in [2.05, 4.69) is 5.43 Å². The largest absolute Gasteiger partial charge is 0.511 e. The number of likely N-dealkylation sites (tertiary alicyclic amines) is 1. The first-order valence-electron chi connectivity index (χ1n) is 9.74. The van der Waals surface area contributed by atoms with E-state index in [9.17, 15) is 19.5 Å². The number of nitrogens with zero attached hydrogens (tertiary/aromatic N) is 2. The van der Waals surface area contributed by atoms with Gasteiger partial charge in [-0.15, -0.1) is 0 Å². The highest BCUT2D eigenvalue weighted by Crippen LogP contribution is 2.16. The van der Waals surface area contributed by atoms with Crippen LogP contribution in [0.3, 0.4) is 0 Å². The van der Waals surface area contributed by atoms with Gasteiger partial charge in [-0.2, -0.15) is 0 Å². The van der Waals surface area contributed by atoms with Gasteiger partial charge in [-0.3, -0.25) is 19.2 Å². The summed E-state index contributed by atoms with van der Waals surface area (Å²) < 4.78 is 16.3. The topological polar surface area (TPSA) is 119 Å². The van der Waals surface area contributed by atoms with Crippen molar-refractivity contribution < 1.29 is 28.9 Å². The summed E-state index contributed by atoms with van der Waals surface area (Å²) in [6.07, 6.45) is 4.34. The molecule has 2 unspecified atom stereocenters. The molecule has 0 spiro atoms. The van der Waals surface area contributed by atoms with Gasteiger partial charge >= 0.3 is 6.16 Å². The van der Waals surface area contributed by atoms with Crippen molar-refractivity contribution in [3.8, 4) is 5.75 Å². The lowest BCUT2D eigenvalue weighted by Crippen LogP contribution is -2.44. The Hall–Kier alpha value is -2.59. The van der Waals surface area contributed by atoms with Crippen molar-refractivity contribution in [3.63, 3.8) is 0 Å². The molecule has 2 heterocycles. The van der Waals surface area contributed by atoms with Crippen molar-refractivity contribution in [2.75, 3.05) is 32.4 Å². The Labute approximate surface area is 169 Å². The molecule has 0 saturated carbocycles. The lowest BCUT2D eigenvalue weighted by Gasteiger charge is -2.29. The monoisotopic (exact) mass is 411 g/mol. The number of aromatic nitrogens is 1. The number of carbonyl (C=O) groups excluding carboxylic acids is 2. The van der Waals surface area contributed by atoms with E-state index in [1.54, 1.807) is 0 Å². The highest BCUT2D eigenvalue weighted by Gasteiger charge is 2.23. The van der Waals surface area contributed by atoms with Crippen LogP contribution < -0.4 is 15.6 Å². The van der Waals surface area contributed by atoms with Gasteiger partial charge in [0.05, 0.1) is 18.9 Å². The highest BCUT2D eigenvalue weighted by atomic mass is 16.8. The fourth-order valence-corrected chi connectivity index (χ4v) is 3.02. The number of pyridine rings is 1. The Morgan fingerprint density at radius 2 is 2.17 bits per heavy atom. The molecule has 1 aliphatic rings. The molecule has 0 aliphatic carbocycles. The van der Waals surface area contributed by atoms with Gasteiger partial charge in [0, 0.05) is 18.8 Å². The van der Waals surface area contributed by atoms with Crippen LogP contribution in [-0.2, 0) is 9.47 Å². The Kier molecular flexibility index (Phi) is 8.94. The van der Waals surface area contributed by atoms with E-state index in [0.717, 1.165) is 19.3 Å². The van der Waals surface area contributed by atoms with Crippen molar-refractivity contribution in [1.82, 2.24) is 9.58 Å². The van der Waals surface area contributed by atoms with Crippen LogP contribution in [0.25, 0.3) is 0 Å². The Bertz CT molecular complexity index is 737. The summed E-state index contributed by atoms with van der Waals surface area (Å²) in [6, 6.07) is 1.25. The molecule has 1 aromatic heterocycles. The maximum Gasteiger partial charge on any atom is 0.511 e. The zero-order valence-electron chi connectivity index (χ0n) is 16.8. The number of aliphatic hydroxyl groups excluding tert-OH is 1. The summed E-state index contributed by atoms with van der Waals surface area (Å²) in [6.45, 7) is 2.13. The molecular weight excluding hydrogens is 382 g/mol. The Balaban J connectivity index is 2.05. The highest BCUT2D eigenvalue weighted by molar-refractivity contribution is 5.76. The number of aliphatic hydroxyl groups is 1. The predicted molar refractivity (Wildman–Crippen MR) is 105 cm³/mol. The number of nitrogens with one attached hydrogen (secondary N) is 1. The van der Waals surface area contributed by atoms with Crippen LogP contribution in [0.2, 0.25) is 0 Å². The third kappa shape index (κ3) is 6.75. The maximum absolute atomic E-state index is 12.2. The lowest BCUT2D eigenvalue weighted by atomic mass is 10.2. The van der Waals surface area contributed by atoms with E-state index in [1.807, 2.05) is 18.9 Å². The average Bonchev–Trinajstić information content (AvgIpc) is 2.84. The van der Waals surface area contributed by atoms with Gasteiger partial charge in [-0.1, -0.05) is 13.3 Å². The van der Waals surface area contributed by atoms with Gasteiger partial charge in [-0.05, 0) is 32.7 Å². The van der Waals surface area contributed by atoms with Gasteiger partial charge in [-0.25, -0.2) is 4.79 Å². The van der Waals surface area contributed by atoms with E-state index in [1.165, 1.54) is 16.9 Å². The number of ether oxygens (including phenoxy) is 3. The molecule has 2 N–H and O–H groups in total. The lowest BCUT2D eigenvalue weighted by molar-refractivity contribution is 0.00348. The molecule has 2 rings (SSSR count). The van der Waals surface area contributed by atoms with Crippen molar-refractivity contribution in [2.24, 2.45) is 0 Å². The smallest absolute Gasteiger partial charge is 0.451 e. The van der Waals surface area contributed by atoms with Crippen molar-refractivity contribution in [1.29, 1.82) is 0 Å². The third-order valence-electron chi connectivity index (χ3n) is 4.63. The first-order chi connectivity index (χ1) is 14.0. The van der Waals surface area contributed by atoms with Crippen molar-refractivity contribution >= 4 is 12.4 Å². The van der Waals surface area contributed by atoms with Crippen LogP contribution in [0.5, 0.6) is 5.75 Å². The van der Waals surface area contributed by atoms with Crippen LogP contribution in [0.1, 0.15) is 49.5 Å². The fourth-order valence-electron chi connectivity index (χ4n) is 3.02. The molecule has 10 heteroatoms. The molecular formula is C19H29N3O7. The molecule has 0 amide bonds. The molecule has 0 radical (unpaired) electrons. The van der Waals surface area contributed by atoms with E-state index in [-0.39, 0.29) is 24.2 Å². The predicted octanol–water partition coefficient (Wildman–Crippen LogP) is 1.30. The minimum atomic E-state index is -0.904. The second kappa shape index (κ2) is 11.4. The average molecular weight is 411 g/mol. The number of rotatable bonds is 9. The summed E-state index contributed by atoms with van der Waals surface area (Å²) in [7, 11) is 1.87. The van der Waals surface area contributed by atoms with Gasteiger partial charge in [0.1, 0.15) is 5.69 Å². The first kappa shape index (κ1) is 22.7. The van der Waals surface area contributed by atoms with Crippen LogP contribution >= 0.6 is 0 Å². The molecule has 29 heavy (non-hydrogen) atoms. The molecule has 162 valence electrons.